The van der Waals surface area contributed by atoms with E-state index in [0.29, 0.717) is 0 Å². The standard InChI is InChI=1S/C13H20N4.2ClH/c1-3-9-5-6-11(14)10(4-2)12(9)17-13-15-7-8-16-13;;/h5-6H,3-4,7-8,14H2,1-2H3,(H2,15,16,17);2*1H. The molecular formula is C13H22Cl2N4. The number of nitrogens with zero attached hydrogens (tertiary/aromatic N) is 1. The van der Waals surface area contributed by atoms with Crippen LogP contribution < -0.4 is 16.4 Å². The minimum Gasteiger partial charge on any atom is -0.398 e. The Morgan fingerprint density at radius 1 is 1.26 bits per heavy atom. The minimum absolute atomic E-state index is 0. The van der Waals surface area contributed by atoms with Crippen LogP contribution in [0.5, 0.6) is 0 Å². The summed E-state index contributed by atoms with van der Waals surface area (Å²) in [7, 11) is 0. The van der Waals surface area contributed by atoms with Crippen LogP contribution in [0.3, 0.4) is 0 Å². The van der Waals surface area contributed by atoms with Gasteiger partial charge in [0.2, 0.25) is 0 Å². The van der Waals surface area contributed by atoms with Crippen LogP contribution in [-0.2, 0) is 12.8 Å². The first-order valence-electron chi connectivity index (χ1n) is 6.21. The molecule has 1 heterocycles. The van der Waals surface area contributed by atoms with E-state index in [1.807, 2.05) is 6.07 Å². The minimum atomic E-state index is 0. The first-order valence-corrected chi connectivity index (χ1v) is 6.21. The van der Waals surface area contributed by atoms with Crippen LogP contribution in [0.15, 0.2) is 17.1 Å². The van der Waals surface area contributed by atoms with Gasteiger partial charge in [-0.05, 0) is 30.0 Å². The van der Waals surface area contributed by atoms with Crippen molar-refractivity contribution in [1.29, 1.82) is 0 Å². The van der Waals surface area contributed by atoms with Gasteiger partial charge in [-0.2, -0.15) is 0 Å². The summed E-state index contributed by atoms with van der Waals surface area (Å²) in [4.78, 5) is 4.37. The lowest BCUT2D eigenvalue weighted by atomic mass is 10.0. The molecule has 0 fully saturated rings. The van der Waals surface area contributed by atoms with E-state index in [-0.39, 0.29) is 24.8 Å². The first-order chi connectivity index (χ1) is 8.26. The number of hydrogen-bond acceptors (Lipinski definition) is 4. The highest BCUT2D eigenvalue weighted by Crippen LogP contribution is 2.27. The molecule has 0 saturated heterocycles. The van der Waals surface area contributed by atoms with Gasteiger partial charge >= 0.3 is 0 Å². The lowest BCUT2D eigenvalue weighted by Crippen LogP contribution is -2.27. The van der Waals surface area contributed by atoms with Crippen molar-refractivity contribution in [3.63, 3.8) is 0 Å². The molecule has 1 aliphatic heterocycles. The van der Waals surface area contributed by atoms with Gasteiger partial charge < -0.3 is 16.4 Å². The van der Waals surface area contributed by atoms with E-state index in [9.17, 15) is 0 Å². The van der Waals surface area contributed by atoms with E-state index in [1.54, 1.807) is 0 Å². The van der Waals surface area contributed by atoms with E-state index < -0.39 is 0 Å². The van der Waals surface area contributed by atoms with Crippen molar-refractivity contribution in [3.8, 4) is 0 Å². The van der Waals surface area contributed by atoms with Gasteiger partial charge in [0.05, 0.1) is 6.54 Å². The number of aliphatic imine (C=N–C) groups is 1. The third kappa shape index (κ3) is 3.91. The SMILES string of the molecule is CCc1ccc(N)c(CC)c1NC1=NCCN1.Cl.Cl. The van der Waals surface area contributed by atoms with Crippen LogP contribution >= 0.6 is 24.8 Å². The van der Waals surface area contributed by atoms with Crippen LogP contribution in [0, 0.1) is 0 Å². The van der Waals surface area contributed by atoms with Crippen LogP contribution in [0.1, 0.15) is 25.0 Å². The lowest BCUT2D eigenvalue weighted by molar-refractivity contribution is 0.958. The highest BCUT2D eigenvalue weighted by atomic mass is 35.5. The Hall–Kier alpha value is -1.13. The molecule has 0 spiro atoms. The third-order valence-corrected chi connectivity index (χ3v) is 3.09. The fraction of sp³-hybridized carbons (Fsp3) is 0.462. The van der Waals surface area contributed by atoms with Gasteiger partial charge in [-0.25, -0.2) is 0 Å². The van der Waals surface area contributed by atoms with Crippen molar-refractivity contribution in [2.45, 2.75) is 26.7 Å². The number of nitrogen functional groups attached to an aromatic ring is 1. The summed E-state index contributed by atoms with van der Waals surface area (Å²) < 4.78 is 0. The molecule has 0 aliphatic carbocycles. The van der Waals surface area contributed by atoms with Gasteiger partial charge in [0.1, 0.15) is 0 Å². The van der Waals surface area contributed by atoms with Gasteiger partial charge in [0, 0.05) is 17.9 Å². The Bertz CT molecular complexity index is 447. The molecule has 0 amide bonds. The number of hydrogen-bond donors (Lipinski definition) is 3. The van der Waals surface area contributed by atoms with E-state index in [0.717, 1.165) is 43.3 Å². The summed E-state index contributed by atoms with van der Waals surface area (Å²) >= 11 is 0. The lowest BCUT2D eigenvalue weighted by Gasteiger charge is -2.17. The zero-order valence-electron chi connectivity index (χ0n) is 11.3. The molecule has 0 saturated carbocycles. The number of rotatable bonds is 3. The largest absolute Gasteiger partial charge is 0.398 e. The molecule has 0 aromatic heterocycles. The highest BCUT2D eigenvalue weighted by Gasteiger charge is 2.13. The summed E-state index contributed by atoms with van der Waals surface area (Å²) in [6.07, 6.45) is 1.91. The summed E-state index contributed by atoms with van der Waals surface area (Å²) in [6.45, 7) is 6.03. The van der Waals surface area contributed by atoms with Gasteiger partial charge in [-0.15, -0.1) is 24.8 Å². The molecule has 4 N–H and O–H groups in total. The number of nitrogens with one attached hydrogen (secondary N) is 2. The van der Waals surface area contributed by atoms with Crippen LogP contribution in [0.25, 0.3) is 0 Å². The second-order valence-corrected chi connectivity index (χ2v) is 4.16. The number of benzene rings is 1. The third-order valence-electron chi connectivity index (χ3n) is 3.09. The van der Waals surface area contributed by atoms with Crippen molar-refractivity contribution in [2.75, 3.05) is 24.1 Å². The van der Waals surface area contributed by atoms with Gasteiger partial charge in [0.15, 0.2) is 5.96 Å². The Labute approximate surface area is 127 Å². The smallest absolute Gasteiger partial charge is 0.195 e. The molecule has 4 nitrogen and oxygen atoms in total. The summed E-state index contributed by atoms with van der Waals surface area (Å²) in [5.41, 5.74) is 10.5. The molecule has 1 aromatic carbocycles. The molecule has 1 aliphatic rings. The summed E-state index contributed by atoms with van der Waals surface area (Å²) in [6, 6.07) is 4.08. The normalized spacial score (nSPS) is 12.8. The Kier molecular flexibility index (Phi) is 7.64. The number of aryl methyl sites for hydroxylation is 1. The maximum absolute atomic E-state index is 6.03. The second kappa shape index (κ2) is 8.12. The van der Waals surface area contributed by atoms with Crippen LogP contribution in [-0.4, -0.2) is 19.0 Å². The van der Waals surface area contributed by atoms with Crippen molar-refractivity contribution >= 4 is 42.1 Å². The van der Waals surface area contributed by atoms with E-state index >= 15 is 0 Å². The van der Waals surface area contributed by atoms with Crippen molar-refractivity contribution < 1.29 is 0 Å². The zero-order valence-corrected chi connectivity index (χ0v) is 13.0. The molecule has 2 rings (SSSR count). The monoisotopic (exact) mass is 304 g/mol. The average Bonchev–Trinajstić information content (AvgIpc) is 2.83. The quantitative estimate of drug-likeness (QED) is 0.752. The van der Waals surface area contributed by atoms with Crippen LogP contribution in [0.4, 0.5) is 11.4 Å². The fourth-order valence-corrected chi connectivity index (χ4v) is 2.14. The van der Waals surface area contributed by atoms with Crippen molar-refractivity contribution in [3.05, 3.63) is 23.3 Å². The van der Waals surface area contributed by atoms with Crippen molar-refractivity contribution in [2.24, 2.45) is 4.99 Å². The zero-order chi connectivity index (χ0) is 12.3. The Morgan fingerprint density at radius 2 is 2.00 bits per heavy atom. The molecule has 0 radical (unpaired) electrons. The van der Waals surface area contributed by atoms with Crippen molar-refractivity contribution in [1.82, 2.24) is 5.32 Å². The number of guanidine groups is 1. The predicted molar refractivity (Wildman–Crippen MR) is 88.0 cm³/mol. The first kappa shape index (κ1) is 17.9. The topological polar surface area (TPSA) is 62.4 Å². The maximum Gasteiger partial charge on any atom is 0.195 e. The molecule has 1 aromatic rings. The molecule has 0 unspecified atom stereocenters. The van der Waals surface area contributed by atoms with E-state index in [4.69, 9.17) is 5.73 Å². The maximum atomic E-state index is 6.03. The number of anilines is 2. The Balaban J connectivity index is 0.00000162. The molecule has 19 heavy (non-hydrogen) atoms. The number of halogens is 2. The van der Waals surface area contributed by atoms with Crippen LogP contribution in [0.2, 0.25) is 0 Å². The summed E-state index contributed by atoms with van der Waals surface area (Å²) in [5.74, 6) is 0.861. The molecule has 6 heteroatoms. The van der Waals surface area contributed by atoms with E-state index in [2.05, 4.69) is 35.5 Å². The van der Waals surface area contributed by atoms with Gasteiger partial charge in [0.25, 0.3) is 0 Å². The Morgan fingerprint density at radius 3 is 2.53 bits per heavy atom. The molecule has 108 valence electrons. The van der Waals surface area contributed by atoms with E-state index in [1.165, 1.54) is 11.1 Å². The number of nitrogens with two attached hydrogens (primary N) is 1. The van der Waals surface area contributed by atoms with Gasteiger partial charge in [-0.1, -0.05) is 19.9 Å². The fourth-order valence-electron chi connectivity index (χ4n) is 2.14. The predicted octanol–water partition coefficient (Wildman–Crippen LogP) is 2.61. The van der Waals surface area contributed by atoms with Gasteiger partial charge in [-0.3, -0.25) is 4.99 Å². The molecular weight excluding hydrogens is 283 g/mol. The average molecular weight is 305 g/mol. The highest BCUT2D eigenvalue weighted by molar-refractivity contribution is 5.96. The molecule has 0 bridgehead atoms. The molecule has 0 atom stereocenters. The second-order valence-electron chi connectivity index (χ2n) is 4.16. The summed E-state index contributed by atoms with van der Waals surface area (Å²) in [5, 5.41) is 6.60.